The van der Waals surface area contributed by atoms with Crippen LogP contribution in [0.3, 0.4) is 0 Å². The molecule has 0 aliphatic rings. The highest BCUT2D eigenvalue weighted by molar-refractivity contribution is 7.89. The van der Waals surface area contributed by atoms with Gasteiger partial charge in [-0.1, -0.05) is 12.1 Å². The Bertz CT molecular complexity index is 506. The zero-order chi connectivity index (χ0) is 14.0. The number of rotatable bonds is 4. The van der Waals surface area contributed by atoms with Gasteiger partial charge in [0.15, 0.2) is 0 Å². The van der Waals surface area contributed by atoms with Crippen LogP contribution in [0.2, 0.25) is 0 Å². The molecule has 0 radical (unpaired) electrons. The van der Waals surface area contributed by atoms with Gasteiger partial charge in [0.05, 0.1) is 16.5 Å². The maximum absolute atomic E-state index is 11.3. The Morgan fingerprint density at radius 2 is 1.94 bits per heavy atom. The molecule has 1 aromatic carbocycles. The molecular formula is C12H20N2O3S. The molecule has 0 amide bonds. The topological polar surface area (TPSA) is 81.4 Å². The number of benzene rings is 1. The van der Waals surface area contributed by atoms with Crippen LogP contribution < -0.4 is 10.6 Å². The van der Waals surface area contributed by atoms with Crippen LogP contribution in [0.4, 0.5) is 0 Å². The predicted molar refractivity (Wildman–Crippen MR) is 70.2 cm³/mol. The number of hydroxylamine groups is 1. The van der Waals surface area contributed by atoms with Crippen LogP contribution in [0.1, 0.15) is 39.3 Å². The van der Waals surface area contributed by atoms with Crippen molar-refractivity contribution in [2.24, 2.45) is 5.14 Å². The third-order valence-electron chi connectivity index (χ3n) is 2.23. The first-order valence-corrected chi connectivity index (χ1v) is 7.20. The summed E-state index contributed by atoms with van der Waals surface area (Å²) in [6.45, 7) is 7.66. The lowest BCUT2D eigenvalue weighted by Gasteiger charge is -2.23. The van der Waals surface area contributed by atoms with Crippen LogP contribution in [0, 0.1) is 0 Å². The van der Waals surface area contributed by atoms with Crippen molar-refractivity contribution >= 4 is 10.0 Å². The van der Waals surface area contributed by atoms with Crippen molar-refractivity contribution in [1.29, 1.82) is 0 Å². The van der Waals surface area contributed by atoms with E-state index in [0.717, 1.165) is 5.56 Å². The Morgan fingerprint density at radius 1 is 1.33 bits per heavy atom. The fraction of sp³-hybridized carbons (Fsp3) is 0.500. The second-order valence-corrected chi connectivity index (χ2v) is 6.73. The number of hydrogen-bond donors (Lipinski definition) is 2. The lowest BCUT2D eigenvalue weighted by molar-refractivity contribution is -0.0866. The van der Waals surface area contributed by atoms with Gasteiger partial charge >= 0.3 is 0 Å². The molecule has 5 nitrogen and oxygen atoms in total. The molecule has 1 rings (SSSR count). The molecule has 0 spiro atoms. The quantitative estimate of drug-likeness (QED) is 0.818. The Kier molecular flexibility index (Phi) is 4.50. The van der Waals surface area contributed by atoms with E-state index in [1.165, 1.54) is 6.07 Å². The predicted octanol–water partition coefficient (Wildman–Crippen LogP) is 1.71. The summed E-state index contributed by atoms with van der Waals surface area (Å²) in [7, 11) is -3.67. The van der Waals surface area contributed by atoms with Gasteiger partial charge in [-0.05, 0) is 45.4 Å². The van der Waals surface area contributed by atoms with Gasteiger partial charge < -0.3 is 0 Å². The Labute approximate surface area is 108 Å². The molecule has 102 valence electrons. The van der Waals surface area contributed by atoms with E-state index in [4.69, 9.17) is 9.98 Å². The van der Waals surface area contributed by atoms with Crippen LogP contribution in [-0.4, -0.2) is 14.0 Å². The molecule has 3 N–H and O–H groups in total. The number of nitrogens with one attached hydrogen (secondary N) is 1. The highest BCUT2D eigenvalue weighted by Gasteiger charge is 2.15. The van der Waals surface area contributed by atoms with Crippen molar-refractivity contribution in [3.8, 4) is 0 Å². The summed E-state index contributed by atoms with van der Waals surface area (Å²) in [5, 5.41) is 5.09. The lowest BCUT2D eigenvalue weighted by atomic mass is 10.1. The normalized spacial score (nSPS) is 14.5. The fourth-order valence-corrected chi connectivity index (χ4v) is 1.86. The van der Waals surface area contributed by atoms with E-state index in [1.54, 1.807) is 12.1 Å². The number of nitrogens with two attached hydrogens (primary N) is 1. The Morgan fingerprint density at radius 3 is 2.44 bits per heavy atom. The van der Waals surface area contributed by atoms with E-state index < -0.39 is 10.0 Å². The summed E-state index contributed by atoms with van der Waals surface area (Å²) in [5.74, 6) is 0. The van der Waals surface area contributed by atoms with Gasteiger partial charge in [-0.2, -0.15) is 5.48 Å². The number of hydrogen-bond acceptors (Lipinski definition) is 4. The molecule has 0 aliphatic heterocycles. The third kappa shape index (κ3) is 4.73. The van der Waals surface area contributed by atoms with Crippen LogP contribution in [0.15, 0.2) is 29.2 Å². The maximum Gasteiger partial charge on any atom is 0.238 e. The SMILES string of the molecule is CC(NOC(C)(C)C)c1cccc(S(N)(=O)=O)c1. The molecule has 0 aromatic heterocycles. The summed E-state index contributed by atoms with van der Waals surface area (Å²) in [4.78, 5) is 5.54. The van der Waals surface area contributed by atoms with Gasteiger partial charge in [0.25, 0.3) is 0 Å². The van der Waals surface area contributed by atoms with E-state index in [9.17, 15) is 8.42 Å². The van der Waals surface area contributed by atoms with Gasteiger partial charge in [-0.25, -0.2) is 13.6 Å². The first kappa shape index (κ1) is 15.1. The van der Waals surface area contributed by atoms with Gasteiger partial charge in [-0.15, -0.1) is 0 Å². The summed E-state index contributed by atoms with van der Waals surface area (Å²) < 4.78 is 22.5. The number of sulfonamides is 1. The molecule has 1 aromatic rings. The van der Waals surface area contributed by atoms with Crippen molar-refractivity contribution in [3.05, 3.63) is 29.8 Å². The van der Waals surface area contributed by atoms with Crippen LogP contribution >= 0.6 is 0 Å². The highest BCUT2D eigenvalue weighted by atomic mass is 32.2. The first-order valence-electron chi connectivity index (χ1n) is 5.66. The third-order valence-corrected chi connectivity index (χ3v) is 3.14. The average molecular weight is 272 g/mol. The standard InChI is InChI=1S/C12H20N2O3S/c1-9(14-17-12(2,3)4)10-6-5-7-11(8-10)18(13,15)16/h5-9,14H,1-4H3,(H2,13,15,16). The van der Waals surface area contributed by atoms with E-state index >= 15 is 0 Å². The zero-order valence-corrected chi connectivity index (χ0v) is 11.9. The van der Waals surface area contributed by atoms with E-state index in [-0.39, 0.29) is 16.5 Å². The van der Waals surface area contributed by atoms with Crippen molar-refractivity contribution < 1.29 is 13.3 Å². The summed E-state index contributed by atoms with van der Waals surface area (Å²) in [6.07, 6.45) is 0. The molecule has 0 heterocycles. The average Bonchev–Trinajstić information content (AvgIpc) is 2.24. The van der Waals surface area contributed by atoms with Gasteiger partial charge in [0.2, 0.25) is 10.0 Å². The molecular weight excluding hydrogens is 252 g/mol. The van der Waals surface area contributed by atoms with Crippen LogP contribution in [0.5, 0.6) is 0 Å². The Balaban J connectivity index is 2.84. The second kappa shape index (κ2) is 5.36. The molecule has 6 heteroatoms. The molecule has 0 bridgehead atoms. The molecule has 18 heavy (non-hydrogen) atoms. The van der Waals surface area contributed by atoms with Crippen molar-refractivity contribution in [2.75, 3.05) is 0 Å². The monoisotopic (exact) mass is 272 g/mol. The largest absolute Gasteiger partial charge is 0.296 e. The molecule has 0 saturated carbocycles. The molecule has 0 saturated heterocycles. The van der Waals surface area contributed by atoms with Crippen molar-refractivity contribution in [3.63, 3.8) is 0 Å². The van der Waals surface area contributed by atoms with E-state index in [1.807, 2.05) is 33.8 Å². The van der Waals surface area contributed by atoms with E-state index in [2.05, 4.69) is 5.48 Å². The maximum atomic E-state index is 11.3. The van der Waals surface area contributed by atoms with Crippen LogP contribution in [-0.2, 0) is 14.9 Å². The molecule has 0 fully saturated rings. The van der Waals surface area contributed by atoms with Gasteiger partial charge in [0.1, 0.15) is 0 Å². The Hall–Kier alpha value is -0.950. The lowest BCUT2D eigenvalue weighted by Crippen LogP contribution is -2.31. The first-order chi connectivity index (χ1) is 8.09. The van der Waals surface area contributed by atoms with Crippen LogP contribution in [0.25, 0.3) is 0 Å². The van der Waals surface area contributed by atoms with Crippen molar-refractivity contribution in [2.45, 2.75) is 44.2 Å². The summed E-state index contributed by atoms with van der Waals surface area (Å²) in [5.41, 5.74) is 3.37. The molecule has 1 atom stereocenters. The van der Waals surface area contributed by atoms with Gasteiger partial charge in [-0.3, -0.25) is 4.84 Å². The summed E-state index contributed by atoms with van der Waals surface area (Å²) >= 11 is 0. The van der Waals surface area contributed by atoms with Crippen molar-refractivity contribution in [1.82, 2.24) is 5.48 Å². The minimum Gasteiger partial charge on any atom is -0.296 e. The van der Waals surface area contributed by atoms with E-state index in [0.29, 0.717) is 0 Å². The zero-order valence-electron chi connectivity index (χ0n) is 11.1. The number of primary sulfonamides is 1. The second-order valence-electron chi connectivity index (χ2n) is 5.17. The molecule has 1 unspecified atom stereocenters. The fourth-order valence-electron chi connectivity index (χ4n) is 1.29. The molecule has 0 aliphatic carbocycles. The highest BCUT2D eigenvalue weighted by Crippen LogP contribution is 2.17. The minimum atomic E-state index is -3.67. The minimum absolute atomic E-state index is 0.101. The van der Waals surface area contributed by atoms with Gasteiger partial charge in [0, 0.05) is 0 Å². The summed E-state index contributed by atoms with van der Waals surface area (Å²) in [6, 6.07) is 6.35. The smallest absolute Gasteiger partial charge is 0.238 e.